The molecule has 1 heterocycles. The molecule has 3 N–H and O–H groups in total. The monoisotopic (exact) mass is 255 g/mol. The van der Waals surface area contributed by atoms with E-state index < -0.39 is 0 Å². The molecule has 0 saturated carbocycles. The molecule has 1 aromatic carbocycles. The number of nitrogens with zero attached hydrogens (tertiary/aromatic N) is 1. The molecule has 1 amide bonds. The van der Waals surface area contributed by atoms with E-state index in [9.17, 15) is 4.79 Å². The molecule has 0 fully saturated rings. The number of nitrogen functional groups attached to an aromatic ring is 1. The molecule has 0 bridgehead atoms. The first-order chi connectivity index (χ1) is 9.11. The van der Waals surface area contributed by atoms with Crippen molar-refractivity contribution in [3.05, 3.63) is 53.2 Å². The van der Waals surface area contributed by atoms with Gasteiger partial charge in [0, 0.05) is 11.9 Å². The van der Waals surface area contributed by atoms with E-state index >= 15 is 0 Å². The first-order valence-corrected chi connectivity index (χ1v) is 6.23. The average Bonchev–Trinajstić information content (AvgIpc) is 2.38. The maximum atomic E-state index is 12.2. The Kier molecular flexibility index (Phi) is 3.80. The summed E-state index contributed by atoms with van der Waals surface area (Å²) in [5.41, 5.74) is 8.96. The number of nitrogens with one attached hydrogen (secondary N) is 1. The zero-order valence-electron chi connectivity index (χ0n) is 11.1. The molecule has 98 valence electrons. The van der Waals surface area contributed by atoms with Crippen LogP contribution >= 0.6 is 0 Å². The van der Waals surface area contributed by atoms with E-state index in [2.05, 4.69) is 17.2 Å². The number of pyridine rings is 1. The highest BCUT2D eigenvalue weighted by molar-refractivity contribution is 6.08. The molecule has 4 nitrogen and oxygen atoms in total. The lowest BCUT2D eigenvalue weighted by molar-refractivity contribution is 0.102. The molecule has 0 spiro atoms. The van der Waals surface area contributed by atoms with E-state index in [1.54, 1.807) is 12.3 Å². The van der Waals surface area contributed by atoms with Crippen molar-refractivity contribution >= 4 is 17.4 Å². The third-order valence-corrected chi connectivity index (χ3v) is 3.01. The second-order valence-electron chi connectivity index (χ2n) is 4.40. The van der Waals surface area contributed by atoms with Crippen molar-refractivity contribution in [2.24, 2.45) is 0 Å². The summed E-state index contributed by atoms with van der Waals surface area (Å²) in [7, 11) is 0. The summed E-state index contributed by atoms with van der Waals surface area (Å²) in [6.07, 6.45) is 2.52. The van der Waals surface area contributed by atoms with Gasteiger partial charge in [-0.05, 0) is 42.7 Å². The van der Waals surface area contributed by atoms with Crippen LogP contribution in [0.5, 0.6) is 0 Å². The number of benzene rings is 1. The van der Waals surface area contributed by atoms with Crippen LogP contribution in [0.1, 0.15) is 28.4 Å². The van der Waals surface area contributed by atoms with Gasteiger partial charge in [0.05, 0.1) is 5.56 Å². The molecule has 1 aromatic heterocycles. The molecule has 4 heteroatoms. The van der Waals surface area contributed by atoms with Gasteiger partial charge in [0.2, 0.25) is 0 Å². The molecule has 19 heavy (non-hydrogen) atoms. The average molecular weight is 255 g/mol. The molecule has 0 aliphatic rings. The third kappa shape index (κ3) is 2.91. The van der Waals surface area contributed by atoms with Crippen molar-refractivity contribution in [2.75, 3.05) is 11.1 Å². The highest BCUT2D eigenvalue weighted by atomic mass is 16.1. The van der Waals surface area contributed by atoms with Gasteiger partial charge in [-0.25, -0.2) is 4.98 Å². The van der Waals surface area contributed by atoms with Gasteiger partial charge in [0.25, 0.3) is 5.91 Å². The Morgan fingerprint density at radius 1 is 1.37 bits per heavy atom. The van der Waals surface area contributed by atoms with Crippen LogP contribution in [0, 0.1) is 6.92 Å². The number of carbonyl (C=O) groups is 1. The predicted molar refractivity (Wildman–Crippen MR) is 77.2 cm³/mol. The SMILES string of the molecule is CCc1cccc(NC(=O)c2c(C)ccnc2N)c1. The van der Waals surface area contributed by atoms with E-state index in [1.165, 1.54) is 5.56 Å². The molecule has 2 aromatic rings. The number of carbonyl (C=O) groups excluding carboxylic acids is 1. The maximum absolute atomic E-state index is 12.2. The number of amides is 1. The van der Waals surface area contributed by atoms with Crippen LogP contribution in [-0.4, -0.2) is 10.9 Å². The molecular weight excluding hydrogens is 238 g/mol. The summed E-state index contributed by atoms with van der Waals surface area (Å²) in [6.45, 7) is 3.92. The van der Waals surface area contributed by atoms with Crippen LogP contribution in [0.4, 0.5) is 11.5 Å². The first kappa shape index (κ1) is 13.1. The van der Waals surface area contributed by atoms with Crippen molar-refractivity contribution in [3.63, 3.8) is 0 Å². The van der Waals surface area contributed by atoms with Gasteiger partial charge in [0.15, 0.2) is 0 Å². The topological polar surface area (TPSA) is 68.0 Å². The van der Waals surface area contributed by atoms with Gasteiger partial charge < -0.3 is 11.1 Å². The molecule has 0 unspecified atom stereocenters. The lowest BCUT2D eigenvalue weighted by atomic mass is 10.1. The van der Waals surface area contributed by atoms with Gasteiger partial charge in [0.1, 0.15) is 5.82 Å². The van der Waals surface area contributed by atoms with Crippen LogP contribution < -0.4 is 11.1 Å². The van der Waals surface area contributed by atoms with Crippen molar-refractivity contribution in [2.45, 2.75) is 20.3 Å². The first-order valence-electron chi connectivity index (χ1n) is 6.23. The number of aryl methyl sites for hydroxylation is 2. The van der Waals surface area contributed by atoms with E-state index in [-0.39, 0.29) is 11.7 Å². The summed E-state index contributed by atoms with van der Waals surface area (Å²) in [4.78, 5) is 16.2. The van der Waals surface area contributed by atoms with E-state index in [0.29, 0.717) is 5.56 Å². The van der Waals surface area contributed by atoms with Crippen molar-refractivity contribution < 1.29 is 4.79 Å². The minimum absolute atomic E-state index is 0.226. The minimum Gasteiger partial charge on any atom is -0.383 e. The zero-order valence-corrected chi connectivity index (χ0v) is 11.1. The Balaban J connectivity index is 2.26. The number of hydrogen-bond acceptors (Lipinski definition) is 3. The Labute approximate surface area is 112 Å². The van der Waals surface area contributed by atoms with Crippen LogP contribution in [0.3, 0.4) is 0 Å². The van der Waals surface area contributed by atoms with Crippen molar-refractivity contribution in [3.8, 4) is 0 Å². The fraction of sp³-hybridized carbons (Fsp3) is 0.200. The van der Waals surface area contributed by atoms with Crippen LogP contribution in [0.15, 0.2) is 36.5 Å². The van der Waals surface area contributed by atoms with Crippen LogP contribution in [0.25, 0.3) is 0 Å². The van der Waals surface area contributed by atoms with E-state index in [1.807, 2.05) is 31.2 Å². The fourth-order valence-corrected chi connectivity index (χ4v) is 1.94. The molecule has 0 aliphatic carbocycles. The quantitative estimate of drug-likeness (QED) is 0.886. The standard InChI is InChI=1S/C15H17N3O/c1-3-11-5-4-6-12(9-11)18-15(19)13-10(2)7-8-17-14(13)16/h4-9H,3H2,1-2H3,(H2,16,17)(H,18,19). The summed E-state index contributed by atoms with van der Waals surface area (Å²) < 4.78 is 0. The smallest absolute Gasteiger partial charge is 0.259 e. The lowest BCUT2D eigenvalue weighted by Gasteiger charge is -2.10. The van der Waals surface area contributed by atoms with E-state index in [4.69, 9.17) is 5.73 Å². The summed E-state index contributed by atoms with van der Waals surface area (Å²) in [6, 6.07) is 9.54. The van der Waals surface area contributed by atoms with Gasteiger partial charge in [-0.2, -0.15) is 0 Å². The normalized spacial score (nSPS) is 10.2. The van der Waals surface area contributed by atoms with E-state index in [0.717, 1.165) is 17.7 Å². The van der Waals surface area contributed by atoms with Crippen molar-refractivity contribution in [1.29, 1.82) is 0 Å². The Bertz CT molecular complexity index is 588. The van der Waals surface area contributed by atoms with Gasteiger partial charge >= 0.3 is 0 Å². The Hall–Kier alpha value is -2.36. The minimum atomic E-state index is -0.226. The second-order valence-corrected chi connectivity index (χ2v) is 4.40. The molecule has 0 saturated heterocycles. The van der Waals surface area contributed by atoms with Gasteiger partial charge in [-0.3, -0.25) is 4.79 Å². The highest BCUT2D eigenvalue weighted by Gasteiger charge is 2.13. The number of aromatic nitrogens is 1. The fourth-order valence-electron chi connectivity index (χ4n) is 1.94. The van der Waals surface area contributed by atoms with Gasteiger partial charge in [-0.1, -0.05) is 19.1 Å². The summed E-state index contributed by atoms with van der Waals surface area (Å²) >= 11 is 0. The highest BCUT2D eigenvalue weighted by Crippen LogP contribution is 2.17. The number of anilines is 2. The molecule has 0 atom stereocenters. The molecular formula is C15H17N3O. The third-order valence-electron chi connectivity index (χ3n) is 3.01. The zero-order chi connectivity index (χ0) is 13.8. The Morgan fingerprint density at radius 3 is 2.84 bits per heavy atom. The molecule has 0 radical (unpaired) electrons. The summed E-state index contributed by atoms with van der Waals surface area (Å²) in [5.74, 6) is 0.0282. The second kappa shape index (κ2) is 5.52. The van der Waals surface area contributed by atoms with Crippen LogP contribution in [-0.2, 0) is 6.42 Å². The largest absolute Gasteiger partial charge is 0.383 e. The molecule has 0 aliphatic heterocycles. The maximum Gasteiger partial charge on any atom is 0.259 e. The number of nitrogens with two attached hydrogens (primary N) is 1. The predicted octanol–water partition coefficient (Wildman–Crippen LogP) is 2.79. The van der Waals surface area contributed by atoms with Gasteiger partial charge in [-0.15, -0.1) is 0 Å². The molecule has 2 rings (SSSR count). The lowest BCUT2D eigenvalue weighted by Crippen LogP contribution is -2.16. The van der Waals surface area contributed by atoms with Crippen LogP contribution in [0.2, 0.25) is 0 Å². The summed E-state index contributed by atoms with van der Waals surface area (Å²) in [5, 5.41) is 2.86. The van der Waals surface area contributed by atoms with Crippen molar-refractivity contribution in [1.82, 2.24) is 4.98 Å². The Morgan fingerprint density at radius 2 is 2.16 bits per heavy atom. The number of hydrogen-bond donors (Lipinski definition) is 2. The number of rotatable bonds is 3.